The number of hydrogen-bond acceptors (Lipinski definition) is 8. The molecule has 2 aromatic rings. The predicted octanol–water partition coefficient (Wildman–Crippen LogP) is 1.29. The van der Waals surface area contributed by atoms with Crippen molar-refractivity contribution in [2.24, 2.45) is 5.84 Å². The Bertz CT molecular complexity index is 586. The van der Waals surface area contributed by atoms with Crippen LogP contribution in [0.1, 0.15) is 12.7 Å². The third kappa shape index (κ3) is 2.83. The Morgan fingerprint density at radius 3 is 2.95 bits per heavy atom. The molecule has 9 heteroatoms. The standard InChI is InChI=1S/C11H14N6O3/c1-2-16(7-8-4-3-5-20-8)10-9(17(18)19)6-13-11(14-10)15-12/h3-6H,2,7,12H2,1H3,(H,13,14,15). The summed E-state index contributed by atoms with van der Waals surface area (Å²) in [6, 6.07) is 3.54. The summed E-state index contributed by atoms with van der Waals surface area (Å²) < 4.78 is 5.25. The smallest absolute Gasteiger partial charge is 0.329 e. The SMILES string of the molecule is CCN(Cc1ccco1)c1nc(NN)ncc1[N+](=O)[O-]. The van der Waals surface area contributed by atoms with Crippen molar-refractivity contribution < 1.29 is 9.34 Å². The first-order valence-corrected chi connectivity index (χ1v) is 5.91. The number of anilines is 2. The van der Waals surface area contributed by atoms with E-state index in [9.17, 15) is 10.1 Å². The van der Waals surface area contributed by atoms with Gasteiger partial charge in [0.25, 0.3) is 0 Å². The van der Waals surface area contributed by atoms with Crippen molar-refractivity contribution in [1.29, 1.82) is 0 Å². The molecule has 0 unspecified atom stereocenters. The molecule has 0 atom stereocenters. The van der Waals surface area contributed by atoms with E-state index in [0.717, 1.165) is 6.20 Å². The summed E-state index contributed by atoms with van der Waals surface area (Å²) in [7, 11) is 0. The lowest BCUT2D eigenvalue weighted by Crippen LogP contribution is -2.25. The number of nitrogens with one attached hydrogen (secondary N) is 1. The zero-order valence-electron chi connectivity index (χ0n) is 10.8. The third-order valence-corrected chi connectivity index (χ3v) is 2.68. The molecule has 3 N–H and O–H groups in total. The highest BCUT2D eigenvalue weighted by Gasteiger charge is 2.22. The van der Waals surface area contributed by atoms with Crippen LogP contribution in [-0.4, -0.2) is 21.4 Å². The van der Waals surface area contributed by atoms with Crippen molar-refractivity contribution in [1.82, 2.24) is 9.97 Å². The Kier molecular flexibility index (Phi) is 4.11. The van der Waals surface area contributed by atoms with Crippen LogP contribution in [0.25, 0.3) is 0 Å². The molecule has 0 saturated heterocycles. The summed E-state index contributed by atoms with van der Waals surface area (Å²) >= 11 is 0. The Balaban J connectivity index is 2.38. The van der Waals surface area contributed by atoms with Crippen LogP contribution in [0.5, 0.6) is 0 Å². The Hall–Kier alpha value is -2.68. The van der Waals surface area contributed by atoms with E-state index < -0.39 is 4.92 Å². The lowest BCUT2D eigenvalue weighted by molar-refractivity contribution is -0.384. The molecule has 0 spiro atoms. The molecular formula is C11H14N6O3. The Labute approximate surface area is 114 Å². The zero-order valence-corrected chi connectivity index (χ0v) is 10.8. The molecular weight excluding hydrogens is 264 g/mol. The summed E-state index contributed by atoms with van der Waals surface area (Å²) in [6.07, 6.45) is 2.67. The number of nitrogens with zero attached hydrogens (tertiary/aromatic N) is 4. The average molecular weight is 278 g/mol. The summed E-state index contributed by atoms with van der Waals surface area (Å²) in [5, 5.41) is 11.1. The molecule has 106 valence electrons. The number of furan rings is 1. The molecule has 0 amide bonds. The van der Waals surface area contributed by atoms with E-state index in [4.69, 9.17) is 10.3 Å². The van der Waals surface area contributed by atoms with E-state index >= 15 is 0 Å². The van der Waals surface area contributed by atoms with E-state index in [0.29, 0.717) is 18.8 Å². The first kappa shape index (κ1) is 13.7. The minimum Gasteiger partial charge on any atom is -0.467 e. The van der Waals surface area contributed by atoms with E-state index in [1.165, 1.54) is 0 Å². The van der Waals surface area contributed by atoms with Crippen LogP contribution in [0, 0.1) is 10.1 Å². The summed E-state index contributed by atoms with van der Waals surface area (Å²) in [5.41, 5.74) is 2.09. The largest absolute Gasteiger partial charge is 0.467 e. The molecule has 0 saturated carbocycles. The summed E-state index contributed by atoms with van der Waals surface area (Å²) in [6.45, 7) is 2.75. The average Bonchev–Trinajstić information content (AvgIpc) is 2.97. The number of nitrogens with two attached hydrogens (primary N) is 1. The van der Waals surface area contributed by atoms with Crippen molar-refractivity contribution >= 4 is 17.5 Å². The van der Waals surface area contributed by atoms with Crippen molar-refractivity contribution in [2.75, 3.05) is 16.9 Å². The number of nitrogen functional groups attached to an aromatic ring is 1. The molecule has 2 rings (SSSR count). The summed E-state index contributed by atoms with van der Waals surface area (Å²) in [5.74, 6) is 6.23. The summed E-state index contributed by atoms with van der Waals surface area (Å²) in [4.78, 5) is 20.1. The molecule has 0 bridgehead atoms. The maximum absolute atomic E-state index is 11.1. The fourth-order valence-corrected chi connectivity index (χ4v) is 1.72. The number of aromatic nitrogens is 2. The second kappa shape index (κ2) is 5.97. The molecule has 0 radical (unpaired) electrons. The van der Waals surface area contributed by atoms with Crippen molar-refractivity contribution in [2.45, 2.75) is 13.5 Å². The number of hydrazine groups is 1. The number of rotatable bonds is 6. The molecule has 0 aromatic carbocycles. The monoisotopic (exact) mass is 278 g/mol. The van der Waals surface area contributed by atoms with Gasteiger partial charge in [0.2, 0.25) is 11.8 Å². The van der Waals surface area contributed by atoms with Gasteiger partial charge in [0.1, 0.15) is 12.0 Å². The lowest BCUT2D eigenvalue weighted by Gasteiger charge is -2.20. The highest BCUT2D eigenvalue weighted by Crippen LogP contribution is 2.27. The molecule has 0 aliphatic rings. The molecule has 0 fully saturated rings. The van der Waals surface area contributed by atoms with Crippen molar-refractivity contribution in [3.05, 3.63) is 40.5 Å². The maximum atomic E-state index is 11.1. The van der Waals surface area contributed by atoms with Crippen LogP contribution in [0.2, 0.25) is 0 Å². The lowest BCUT2D eigenvalue weighted by atomic mass is 10.3. The molecule has 2 aromatic heterocycles. The van der Waals surface area contributed by atoms with Crippen molar-refractivity contribution in [3.63, 3.8) is 0 Å². The Morgan fingerprint density at radius 2 is 2.40 bits per heavy atom. The van der Waals surface area contributed by atoms with Gasteiger partial charge in [-0.25, -0.2) is 10.8 Å². The van der Waals surface area contributed by atoms with Crippen LogP contribution < -0.4 is 16.2 Å². The highest BCUT2D eigenvalue weighted by atomic mass is 16.6. The highest BCUT2D eigenvalue weighted by molar-refractivity contribution is 5.58. The first-order chi connectivity index (χ1) is 9.65. The Morgan fingerprint density at radius 1 is 1.60 bits per heavy atom. The van der Waals surface area contributed by atoms with Crippen LogP contribution in [-0.2, 0) is 6.54 Å². The van der Waals surface area contributed by atoms with E-state index in [1.807, 2.05) is 6.92 Å². The normalized spacial score (nSPS) is 10.3. The molecule has 20 heavy (non-hydrogen) atoms. The van der Waals surface area contributed by atoms with Crippen LogP contribution in [0.15, 0.2) is 29.0 Å². The van der Waals surface area contributed by atoms with Gasteiger partial charge in [-0.15, -0.1) is 0 Å². The second-order valence-electron chi connectivity index (χ2n) is 3.90. The van der Waals surface area contributed by atoms with E-state index in [1.54, 1.807) is 23.3 Å². The van der Waals surface area contributed by atoms with Gasteiger partial charge in [-0.05, 0) is 19.1 Å². The predicted molar refractivity (Wildman–Crippen MR) is 71.9 cm³/mol. The fraction of sp³-hybridized carbons (Fsp3) is 0.273. The molecule has 2 heterocycles. The second-order valence-corrected chi connectivity index (χ2v) is 3.90. The number of hydrogen-bond donors (Lipinski definition) is 2. The van der Waals surface area contributed by atoms with Gasteiger partial charge in [0.05, 0.1) is 17.7 Å². The minimum absolute atomic E-state index is 0.114. The van der Waals surface area contributed by atoms with E-state index in [-0.39, 0.29) is 17.5 Å². The number of nitro groups is 1. The minimum atomic E-state index is -0.527. The third-order valence-electron chi connectivity index (χ3n) is 2.68. The van der Waals surface area contributed by atoms with Gasteiger partial charge in [0.15, 0.2) is 0 Å². The van der Waals surface area contributed by atoms with Gasteiger partial charge in [0, 0.05) is 6.54 Å². The molecule has 9 nitrogen and oxygen atoms in total. The zero-order chi connectivity index (χ0) is 14.5. The van der Waals surface area contributed by atoms with Gasteiger partial charge >= 0.3 is 5.69 Å². The van der Waals surface area contributed by atoms with Gasteiger partial charge in [-0.2, -0.15) is 4.98 Å². The topological polar surface area (TPSA) is 123 Å². The molecule has 0 aliphatic heterocycles. The van der Waals surface area contributed by atoms with Crippen molar-refractivity contribution in [3.8, 4) is 0 Å². The van der Waals surface area contributed by atoms with Crippen LogP contribution in [0.4, 0.5) is 17.5 Å². The van der Waals surface area contributed by atoms with Gasteiger partial charge < -0.3 is 9.32 Å². The van der Waals surface area contributed by atoms with E-state index in [2.05, 4.69) is 15.4 Å². The van der Waals surface area contributed by atoms with Crippen LogP contribution in [0.3, 0.4) is 0 Å². The van der Waals surface area contributed by atoms with Gasteiger partial charge in [-0.3, -0.25) is 15.5 Å². The van der Waals surface area contributed by atoms with Crippen LogP contribution >= 0.6 is 0 Å². The van der Waals surface area contributed by atoms with Gasteiger partial charge in [-0.1, -0.05) is 0 Å². The fourth-order valence-electron chi connectivity index (χ4n) is 1.72. The quantitative estimate of drug-likeness (QED) is 0.460. The maximum Gasteiger partial charge on any atom is 0.329 e. The first-order valence-electron chi connectivity index (χ1n) is 5.91. The molecule has 0 aliphatic carbocycles.